The van der Waals surface area contributed by atoms with Crippen molar-refractivity contribution < 1.29 is 28.1 Å². The van der Waals surface area contributed by atoms with Crippen LogP contribution in [-0.2, 0) is 31.9 Å². The Labute approximate surface area is 383 Å². The summed E-state index contributed by atoms with van der Waals surface area (Å²) in [6, 6.07) is 13.4. The number of aromatic nitrogens is 2. The van der Waals surface area contributed by atoms with Gasteiger partial charge >= 0.3 is 6.03 Å². The van der Waals surface area contributed by atoms with Gasteiger partial charge in [-0.2, -0.15) is 0 Å². The van der Waals surface area contributed by atoms with Crippen LogP contribution in [0.4, 0.5) is 14.9 Å². The second-order valence-electron chi connectivity index (χ2n) is 15.6. The molecule has 2 N–H and O–H groups in total. The molecule has 1 unspecified atom stereocenters. The molecular formula is C48H75FN7O5PS. The zero-order valence-corrected chi connectivity index (χ0v) is 40.8. The van der Waals surface area contributed by atoms with E-state index in [1.807, 2.05) is 23.7 Å². The Morgan fingerprint density at radius 3 is 2.30 bits per heavy atom. The lowest BCUT2D eigenvalue weighted by Crippen LogP contribution is -2.43. The van der Waals surface area contributed by atoms with Crippen molar-refractivity contribution in [2.24, 2.45) is 4.99 Å². The number of rotatable bonds is 22. The number of carbonyl (C=O) groups excluding carboxylic acids is 1. The number of unbranched alkanes of at least 4 members (excludes halogenated alkanes) is 2. The molecule has 0 spiro atoms. The first kappa shape index (κ1) is 53.9. The normalized spacial score (nSPS) is 14.0. The molecule has 6 rings (SSSR count). The van der Waals surface area contributed by atoms with Crippen molar-refractivity contribution in [1.29, 1.82) is 0 Å². The predicted molar refractivity (Wildman–Crippen MR) is 263 cm³/mol. The highest BCUT2D eigenvalue weighted by atomic mass is 32.1. The van der Waals surface area contributed by atoms with E-state index < -0.39 is 0 Å². The number of thiophene rings is 1. The highest BCUT2D eigenvalue weighted by Gasteiger charge is 2.23. The van der Waals surface area contributed by atoms with Gasteiger partial charge in [-0.05, 0) is 93.1 Å². The van der Waals surface area contributed by atoms with Crippen LogP contribution in [0, 0.1) is 12.7 Å². The number of urea groups is 1. The van der Waals surface area contributed by atoms with Crippen LogP contribution < -0.4 is 10.6 Å². The Hall–Kier alpha value is -3.46. The van der Waals surface area contributed by atoms with Crippen LogP contribution in [0.5, 0.6) is 0 Å². The molecule has 0 bridgehead atoms. The largest absolute Gasteiger partial charge is 0.382 e. The molecule has 3 aromatic heterocycles. The smallest absolute Gasteiger partial charge is 0.319 e. The van der Waals surface area contributed by atoms with E-state index in [0.29, 0.717) is 43.7 Å². The van der Waals surface area contributed by atoms with E-state index in [1.54, 1.807) is 32.1 Å². The summed E-state index contributed by atoms with van der Waals surface area (Å²) >= 11 is 1.82. The van der Waals surface area contributed by atoms with Crippen LogP contribution in [0.1, 0.15) is 82.4 Å². The zero-order valence-electron chi connectivity index (χ0n) is 38.8. The van der Waals surface area contributed by atoms with Crippen LogP contribution in [-0.4, -0.2) is 131 Å². The molecule has 0 radical (unpaired) electrons. The Balaban J connectivity index is 0.000000245. The zero-order chi connectivity index (χ0) is 45.5. The number of hydrogen-bond acceptors (Lipinski definition) is 11. The fraction of sp³-hybridized carbons (Fsp3) is 0.583. The molecule has 2 amide bonds. The van der Waals surface area contributed by atoms with Crippen molar-refractivity contribution in [3.05, 3.63) is 77.4 Å². The molecule has 1 aromatic carbocycles. The Bertz CT molecular complexity index is 1830. The minimum atomic E-state index is -0.306. The van der Waals surface area contributed by atoms with Gasteiger partial charge in [0.25, 0.3) is 0 Å². The van der Waals surface area contributed by atoms with Crippen LogP contribution in [0.3, 0.4) is 0 Å². The van der Waals surface area contributed by atoms with E-state index in [2.05, 4.69) is 91.7 Å². The lowest BCUT2D eigenvalue weighted by molar-refractivity contribution is 0.0240. The molecule has 1 saturated heterocycles. The number of benzene rings is 1. The lowest BCUT2D eigenvalue weighted by Gasteiger charge is -2.32. The van der Waals surface area contributed by atoms with Gasteiger partial charge in [-0.3, -0.25) is 19.9 Å². The highest BCUT2D eigenvalue weighted by molar-refractivity contribution is 7.36. The molecule has 350 valence electrons. The number of nitrogens with one attached hydrogen (secondary N) is 2. The molecule has 12 nitrogen and oxygen atoms in total. The SMILES string of the molecule is CCCCCOCCOCCOC.CCCOCCN=CP.CCCc1ccnc2cc(-c3ccc(CN4CCN(C)CC4)cn3)sc12.Cc1ccc(NC(=O)NC2CC2)cc1F. The number of aliphatic imine (C=N–C) groups is 1. The van der Waals surface area contributed by atoms with Gasteiger partial charge in [0.15, 0.2) is 0 Å². The molecule has 15 heteroatoms. The van der Waals surface area contributed by atoms with Crippen molar-refractivity contribution in [3.63, 3.8) is 0 Å². The average molecular weight is 912 g/mol. The van der Waals surface area contributed by atoms with Crippen molar-refractivity contribution >= 4 is 48.5 Å². The number of pyridine rings is 2. The number of halogens is 1. The Morgan fingerprint density at radius 2 is 1.65 bits per heavy atom. The first-order chi connectivity index (χ1) is 30.7. The van der Waals surface area contributed by atoms with E-state index in [-0.39, 0.29) is 11.8 Å². The quantitative estimate of drug-likeness (QED) is 0.0451. The first-order valence-corrected chi connectivity index (χ1v) is 24.2. The molecule has 63 heavy (non-hydrogen) atoms. The number of nitrogens with zero attached hydrogens (tertiary/aromatic N) is 5. The number of carbonyl (C=O) groups is 1. The molecular weight excluding hydrogens is 837 g/mol. The summed E-state index contributed by atoms with van der Waals surface area (Å²) in [7, 11) is 6.29. The van der Waals surface area contributed by atoms with Crippen LogP contribution in [0.2, 0.25) is 0 Å². The fourth-order valence-electron chi connectivity index (χ4n) is 6.12. The summed E-state index contributed by atoms with van der Waals surface area (Å²) in [4.78, 5) is 30.7. The van der Waals surface area contributed by atoms with Crippen molar-refractivity contribution in [1.82, 2.24) is 25.1 Å². The van der Waals surface area contributed by atoms with Crippen molar-refractivity contribution in [3.8, 4) is 10.6 Å². The number of hydrogen-bond donors (Lipinski definition) is 2. The number of piperazine rings is 1. The number of ether oxygens (including phenoxy) is 4. The van der Waals surface area contributed by atoms with E-state index in [0.717, 1.165) is 109 Å². The van der Waals surface area contributed by atoms with Gasteiger partial charge in [-0.15, -0.1) is 11.3 Å². The van der Waals surface area contributed by atoms with Crippen molar-refractivity contribution in [2.45, 2.75) is 91.6 Å². The summed E-state index contributed by atoms with van der Waals surface area (Å²) in [5.41, 5.74) is 5.90. The van der Waals surface area contributed by atoms with Gasteiger partial charge in [0.2, 0.25) is 0 Å². The minimum absolute atomic E-state index is 0.263. The van der Waals surface area contributed by atoms with Crippen molar-refractivity contribution in [2.75, 3.05) is 98.4 Å². The average Bonchev–Trinajstić information content (AvgIpc) is 3.99. The van der Waals surface area contributed by atoms with E-state index >= 15 is 0 Å². The second-order valence-corrected chi connectivity index (χ2v) is 17.0. The van der Waals surface area contributed by atoms with Crippen LogP contribution in [0.15, 0.2) is 59.9 Å². The topological polar surface area (TPSA) is 123 Å². The molecule has 4 aromatic rings. The van der Waals surface area contributed by atoms with Gasteiger partial charge in [-0.25, -0.2) is 9.18 Å². The van der Waals surface area contributed by atoms with Gasteiger partial charge in [0.1, 0.15) is 5.82 Å². The third kappa shape index (κ3) is 23.3. The number of likely N-dealkylation sites (N-methyl/N-ethyl adjacent to an activating group) is 1. The molecule has 1 aliphatic heterocycles. The number of fused-ring (bicyclic) bond motifs is 1. The van der Waals surface area contributed by atoms with Gasteiger partial charge < -0.3 is 34.5 Å². The molecule has 1 saturated carbocycles. The highest BCUT2D eigenvalue weighted by Crippen LogP contribution is 2.34. The molecule has 1 aliphatic carbocycles. The number of anilines is 1. The number of amides is 2. The standard InChI is InChI=1S/C21H26N4S.C11H13FN2O.C10H22O3.C6H14NOP/c1-3-4-17-7-8-22-19-13-20(26-21(17)19)18-6-5-16(14-23-18)15-25-11-9-24(2)10-12-25;1-7-2-3-9(6-10(7)12)14-11(15)13-8-4-5-8;1-3-4-5-6-12-9-10-13-8-7-11-2;1-2-4-8-5-3-7-6-9/h5-8,13-14H,3-4,9-12,15H2,1-2H3;2-3,6,8H,4-5H2,1H3,(H2,13,14,15);3-10H2,1-2H3;6H,2-5,9H2,1H3. The summed E-state index contributed by atoms with van der Waals surface area (Å²) in [6.45, 7) is 19.7. The Kier molecular flexibility index (Phi) is 28.3. The maximum Gasteiger partial charge on any atom is 0.319 e. The molecule has 1 atom stereocenters. The molecule has 2 fully saturated rings. The second kappa shape index (κ2) is 33.1. The predicted octanol–water partition coefficient (Wildman–Crippen LogP) is 9.65. The number of aryl methyl sites for hydroxylation is 2. The molecule has 2 aliphatic rings. The van der Waals surface area contributed by atoms with Gasteiger partial charge in [0, 0.05) is 83.1 Å². The third-order valence-corrected chi connectivity index (χ3v) is 11.4. The fourth-order valence-corrected chi connectivity index (χ4v) is 7.40. The lowest BCUT2D eigenvalue weighted by atomic mass is 10.1. The Morgan fingerprint density at radius 1 is 0.905 bits per heavy atom. The summed E-state index contributed by atoms with van der Waals surface area (Å²) in [5.74, 6) is 1.41. The maximum absolute atomic E-state index is 13.1. The van der Waals surface area contributed by atoms with Crippen LogP contribution in [0.25, 0.3) is 20.8 Å². The summed E-state index contributed by atoms with van der Waals surface area (Å²) in [5, 5.41) is 5.36. The molecule has 4 heterocycles. The van der Waals surface area contributed by atoms with Crippen LogP contribution >= 0.6 is 20.6 Å². The van der Waals surface area contributed by atoms with E-state index in [1.165, 1.54) is 39.6 Å². The van der Waals surface area contributed by atoms with E-state index in [9.17, 15) is 9.18 Å². The van der Waals surface area contributed by atoms with Gasteiger partial charge in [0.05, 0.1) is 60.4 Å². The maximum atomic E-state index is 13.1. The number of methoxy groups -OCH3 is 1. The summed E-state index contributed by atoms with van der Waals surface area (Å²) in [6.07, 6.45) is 13.1. The first-order valence-electron chi connectivity index (χ1n) is 22.7. The third-order valence-electron chi connectivity index (χ3n) is 9.95. The monoisotopic (exact) mass is 912 g/mol. The van der Waals surface area contributed by atoms with E-state index in [4.69, 9.17) is 23.9 Å². The van der Waals surface area contributed by atoms with Gasteiger partial charge in [-0.1, -0.05) is 61.4 Å². The summed E-state index contributed by atoms with van der Waals surface area (Å²) < 4.78 is 35.0. The minimum Gasteiger partial charge on any atom is -0.382 e.